The van der Waals surface area contributed by atoms with Crippen molar-refractivity contribution in [3.63, 3.8) is 0 Å². The smallest absolute Gasteiger partial charge is 0.0760 e. The molecule has 0 aromatic carbocycles. The number of pyridine rings is 1. The van der Waals surface area contributed by atoms with E-state index in [4.69, 9.17) is 17.3 Å². The van der Waals surface area contributed by atoms with Gasteiger partial charge in [-0.25, -0.2) is 0 Å². The molecule has 1 atom stereocenters. The zero-order chi connectivity index (χ0) is 11.5. The predicted octanol–water partition coefficient (Wildman–Crippen LogP) is 1.71. The van der Waals surface area contributed by atoms with Gasteiger partial charge in [0.2, 0.25) is 0 Å². The minimum Gasteiger partial charge on any atom is -0.322 e. The summed E-state index contributed by atoms with van der Waals surface area (Å²) in [7, 11) is 1.88. The SMILES string of the molecule is Cn1ccc(CC(N)c2ncccc2Cl)n1. The van der Waals surface area contributed by atoms with Crippen molar-refractivity contribution >= 4 is 11.6 Å². The van der Waals surface area contributed by atoms with Crippen molar-refractivity contribution in [3.05, 3.63) is 47.0 Å². The van der Waals surface area contributed by atoms with E-state index >= 15 is 0 Å². The molecule has 0 spiro atoms. The van der Waals surface area contributed by atoms with E-state index in [0.717, 1.165) is 11.4 Å². The first-order chi connectivity index (χ1) is 7.66. The third-order valence-corrected chi connectivity index (χ3v) is 2.66. The van der Waals surface area contributed by atoms with Crippen LogP contribution in [0.3, 0.4) is 0 Å². The molecule has 0 amide bonds. The van der Waals surface area contributed by atoms with E-state index < -0.39 is 0 Å². The van der Waals surface area contributed by atoms with Gasteiger partial charge in [-0.2, -0.15) is 5.10 Å². The van der Waals surface area contributed by atoms with Gasteiger partial charge in [-0.15, -0.1) is 0 Å². The minimum absolute atomic E-state index is 0.219. The van der Waals surface area contributed by atoms with E-state index in [2.05, 4.69) is 10.1 Å². The molecule has 1 unspecified atom stereocenters. The maximum atomic E-state index is 6.04. The zero-order valence-corrected chi connectivity index (χ0v) is 9.72. The summed E-state index contributed by atoms with van der Waals surface area (Å²) in [5, 5.41) is 4.87. The topological polar surface area (TPSA) is 56.7 Å². The van der Waals surface area contributed by atoms with E-state index in [1.807, 2.05) is 19.3 Å². The molecule has 2 aromatic heterocycles. The van der Waals surface area contributed by atoms with Gasteiger partial charge in [-0.1, -0.05) is 11.6 Å². The van der Waals surface area contributed by atoms with E-state index in [0.29, 0.717) is 11.4 Å². The summed E-state index contributed by atoms with van der Waals surface area (Å²) in [5.41, 5.74) is 7.70. The van der Waals surface area contributed by atoms with Crippen LogP contribution in [0.5, 0.6) is 0 Å². The zero-order valence-electron chi connectivity index (χ0n) is 8.97. The van der Waals surface area contributed by atoms with Crippen molar-refractivity contribution in [2.45, 2.75) is 12.5 Å². The van der Waals surface area contributed by atoms with E-state index in [1.54, 1.807) is 23.0 Å². The van der Waals surface area contributed by atoms with Crippen LogP contribution >= 0.6 is 11.6 Å². The molecule has 0 bridgehead atoms. The number of hydrogen-bond donors (Lipinski definition) is 1. The number of aryl methyl sites for hydroxylation is 1. The average Bonchev–Trinajstić information content (AvgIpc) is 2.64. The van der Waals surface area contributed by atoms with Gasteiger partial charge in [0.1, 0.15) is 0 Å². The minimum atomic E-state index is -0.219. The van der Waals surface area contributed by atoms with Gasteiger partial charge in [0.15, 0.2) is 0 Å². The summed E-state index contributed by atoms with van der Waals surface area (Å²) in [4.78, 5) is 4.19. The number of halogens is 1. The summed E-state index contributed by atoms with van der Waals surface area (Å²) in [5.74, 6) is 0. The third kappa shape index (κ3) is 2.40. The molecule has 0 aliphatic rings. The Morgan fingerprint density at radius 3 is 2.94 bits per heavy atom. The summed E-state index contributed by atoms with van der Waals surface area (Å²) in [6.07, 6.45) is 4.22. The summed E-state index contributed by atoms with van der Waals surface area (Å²) < 4.78 is 1.75. The molecular formula is C11H13ClN4. The fourth-order valence-corrected chi connectivity index (χ4v) is 1.83. The molecule has 0 aliphatic heterocycles. The molecule has 0 fully saturated rings. The van der Waals surface area contributed by atoms with Gasteiger partial charge < -0.3 is 5.73 Å². The van der Waals surface area contributed by atoms with Crippen LogP contribution in [0.1, 0.15) is 17.4 Å². The summed E-state index contributed by atoms with van der Waals surface area (Å²) >= 11 is 6.02. The molecule has 2 aromatic rings. The number of nitrogens with zero attached hydrogens (tertiary/aromatic N) is 3. The van der Waals surface area contributed by atoms with Crippen LogP contribution in [0.25, 0.3) is 0 Å². The summed E-state index contributed by atoms with van der Waals surface area (Å²) in [6, 6.07) is 5.31. The Morgan fingerprint density at radius 2 is 2.31 bits per heavy atom. The molecule has 5 heteroatoms. The average molecular weight is 237 g/mol. The molecule has 0 aliphatic carbocycles. The Labute approximate surface area is 99.1 Å². The lowest BCUT2D eigenvalue weighted by Crippen LogP contribution is -2.15. The first kappa shape index (κ1) is 11.1. The number of rotatable bonds is 3. The van der Waals surface area contributed by atoms with Crippen molar-refractivity contribution in [1.82, 2.24) is 14.8 Å². The predicted molar refractivity (Wildman–Crippen MR) is 63.1 cm³/mol. The second-order valence-electron chi connectivity index (χ2n) is 3.66. The van der Waals surface area contributed by atoms with Gasteiger partial charge in [0, 0.05) is 25.9 Å². The highest BCUT2D eigenvalue weighted by molar-refractivity contribution is 6.31. The van der Waals surface area contributed by atoms with Crippen LogP contribution in [0.4, 0.5) is 0 Å². The van der Waals surface area contributed by atoms with Crippen molar-refractivity contribution in [2.24, 2.45) is 12.8 Å². The second-order valence-corrected chi connectivity index (χ2v) is 4.07. The maximum absolute atomic E-state index is 6.04. The fourth-order valence-electron chi connectivity index (χ4n) is 1.56. The molecule has 84 valence electrons. The molecule has 16 heavy (non-hydrogen) atoms. The lowest BCUT2D eigenvalue weighted by Gasteiger charge is -2.10. The van der Waals surface area contributed by atoms with Crippen molar-refractivity contribution in [1.29, 1.82) is 0 Å². The Bertz CT molecular complexity index is 480. The molecule has 0 radical (unpaired) electrons. The van der Waals surface area contributed by atoms with E-state index in [-0.39, 0.29) is 6.04 Å². The number of nitrogens with two attached hydrogens (primary N) is 1. The first-order valence-corrected chi connectivity index (χ1v) is 5.39. The summed E-state index contributed by atoms with van der Waals surface area (Å²) in [6.45, 7) is 0. The fraction of sp³-hybridized carbons (Fsp3) is 0.273. The molecule has 2 heterocycles. The highest BCUT2D eigenvalue weighted by Crippen LogP contribution is 2.20. The van der Waals surface area contributed by atoms with Crippen LogP contribution in [0.2, 0.25) is 5.02 Å². The Hall–Kier alpha value is -1.39. The normalized spacial score (nSPS) is 12.7. The Kier molecular flexibility index (Phi) is 3.22. The highest BCUT2D eigenvalue weighted by atomic mass is 35.5. The van der Waals surface area contributed by atoms with Crippen LogP contribution in [-0.4, -0.2) is 14.8 Å². The van der Waals surface area contributed by atoms with E-state index in [1.165, 1.54) is 0 Å². The second kappa shape index (κ2) is 4.63. The molecule has 4 nitrogen and oxygen atoms in total. The van der Waals surface area contributed by atoms with Crippen molar-refractivity contribution in [3.8, 4) is 0 Å². The molecule has 2 N–H and O–H groups in total. The highest BCUT2D eigenvalue weighted by Gasteiger charge is 2.13. The van der Waals surface area contributed by atoms with Crippen LogP contribution < -0.4 is 5.73 Å². The quantitative estimate of drug-likeness (QED) is 0.883. The molecular weight excluding hydrogens is 224 g/mol. The van der Waals surface area contributed by atoms with Gasteiger partial charge in [-0.05, 0) is 18.2 Å². The molecule has 0 saturated heterocycles. The maximum Gasteiger partial charge on any atom is 0.0760 e. The largest absolute Gasteiger partial charge is 0.322 e. The van der Waals surface area contributed by atoms with Gasteiger partial charge >= 0.3 is 0 Å². The lowest BCUT2D eigenvalue weighted by atomic mass is 10.1. The monoisotopic (exact) mass is 236 g/mol. The lowest BCUT2D eigenvalue weighted by molar-refractivity contribution is 0.660. The molecule has 0 saturated carbocycles. The van der Waals surface area contributed by atoms with E-state index in [9.17, 15) is 0 Å². The number of hydrogen-bond acceptors (Lipinski definition) is 3. The van der Waals surface area contributed by atoms with Crippen molar-refractivity contribution in [2.75, 3.05) is 0 Å². The van der Waals surface area contributed by atoms with Crippen LogP contribution in [0.15, 0.2) is 30.6 Å². The molecule has 2 rings (SSSR count). The standard InChI is InChI=1S/C11H13ClN4/c1-16-6-4-8(15-16)7-10(13)11-9(12)3-2-5-14-11/h2-6,10H,7,13H2,1H3. The Balaban J connectivity index is 2.14. The van der Waals surface area contributed by atoms with Crippen molar-refractivity contribution < 1.29 is 0 Å². The van der Waals surface area contributed by atoms with Gasteiger partial charge in [0.25, 0.3) is 0 Å². The first-order valence-electron chi connectivity index (χ1n) is 5.01. The third-order valence-electron chi connectivity index (χ3n) is 2.34. The van der Waals surface area contributed by atoms with Crippen LogP contribution in [-0.2, 0) is 13.5 Å². The van der Waals surface area contributed by atoms with Gasteiger partial charge in [-0.3, -0.25) is 9.67 Å². The Morgan fingerprint density at radius 1 is 1.50 bits per heavy atom. The number of aromatic nitrogens is 3. The van der Waals surface area contributed by atoms with Gasteiger partial charge in [0.05, 0.1) is 22.5 Å². The van der Waals surface area contributed by atoms with Crippen LogP contribution in [0, 0.1) is 0 Å².